The molecule has 0 unspecified atom stereocenters. The molecule has 0 fully saturated rings. The highest BCUT2D eigenvalue weighted by Crippen LogP contribution is 2.33. The minimum atomic E-state index is 0.870. The lowest BCUT2D eigenvalue weighted by Gasteiger charge is -1.91. The van der Waals surface area contributed by atoms with Crippen molar-refractivity contribution in [1.82, 2.24) is 9.55 Å². The number of fused-ring (bicyclic) bond motifs is 7. The molecule has 4 nitrogen and oxygen atoms in total. The molecule has 5 rings (SSSR count). The third kappa shape index (κ3) is 1.04. The summed E-state index contributed by atoms with van der Waals surface area (Å²) in [6.45, 7) is 0.870. The first-order valence-electron chi connectivity index (χ1n) is 6.27. The summed E-state index contributed by atoms with van der Waals surface area (Å²) in [5, 5.41) is 0. The molecular weight excluding hydrogens is 238 g/mol. The van der Waals surface area contributed by atoms with Crippen molar-refractivity contribution in [2.24, 2.45) is 0 Å². The molecule has 0 atom stereocenters. The topological polar surface area (TPSA) is 35.1 Å². The highest BCUT2D eigenvalue weighted by molar-refractivity contribution is 5.73. The molecule has 1 aliphatic heterocycles. The normalized spacial score (nSPS) is 13.1. The average Bonchev–Trinajstić information content (AvgIpc) is 3.07. The molecule has 90 valence electrons. The Morgan fingerprint density at radius 3 is 3.16 bits per heavy atom. The van der Waals surface area contributed by atoms with Gasteiger partial charge in [0.1, 0.15) is 12.7 Å². The number of oxazole rings is 1. The molecule has 4 aromatic rings. The summed E-state index contributed by atoms with van der Waals surface area (Å²) >= 11 is 0. The Hall–Kier alpha value is -2.62. The van der Waals surface area contributed by atoms with Crippen LogP contribution in [0.2, 0.25) is 0 Å². The lowest BCUT2D eigenvalue weighted by molar-refractivity contribution is -0.484. The lowest BCUT2D eigenvalue weighted by atomic mass is 10.1. The largest absolute Gasteiger partial charge is 0.468 e. The second kappa shape index (κ2) is 3.03. The van der Waals surface area contributed by atoms with E-state index in [0.29, 0.717) is 0 Å². The van der Waals surface area contributed by atoms with Crippen LogP contribution in [0.5, 0.6) is 0 Å². The maximum Gasteiger partial charge on any atom is 0.468 e. The lowest BCUT2D eigenvalue weighted by Crippen LogP contribution is -2.16. The SMILES string of the molecule is c1ccc2c(c1)Cn1c-2c[n+]2c3cnccc3oc12. The summed E-state index contributed by atoms with van der Waals surface area (Å²) < 4.78 is 10.2. The van der Waals surface area contributed by atoms with Crippen LogP contribution >= 0.6 is 0 Å². The highest BCUT2D eigenvalue weighted by atomic mass is 16.4. The van der Waals surface area contributed by atoms with Gasteiger partial charge in [0, 0.05) is 23.4 Å². The van der Waals surface area contributed by atoms with Gasteiger partial charge in [-0.3, -0.25) is 4.98 Å². The van der Waals surface area contributed by atoms with Crippen LogP contribution < -0.4 is 4.40 Å². The van der Waals surface area contributed by atoms with E-state index >= 15 is 0 Å². The summed E-state index contributed by atoms with van der Waals surface area (Å²) in [4.78, 5) is 4.17. The van der Waals surface area contributed by atoms with Crippen LogP contribution in [-0.4, -0.2) is 9.55 Å². The van der Waals surface area contributed by atoms with E-state index in [4.69, 9.17) is 4.42 Å². The Morgan fingerprint density at radius 2 is 2.16 bits per heavy atom. The number of pyridine rings is 1. The summed E-state index contributed by atoms with van der Waals surface area (Å²) in [5.74, 6) is 0.870. The summed E-state index contributed by atoms with van der Waals surface area (Å²) in [5.41, 5.74) is 5.73. The molecule has 0 saturated carbocycles. The fraction of sp³-hybridized carbons (Fsp3) is 0.0667. The minimum absolute atomic E-state index is 0.870. The van der Waals surface area contributed by atoms with Crippen LogP contribution in [0.15, 0.2) is 53.3 Å². The van der Waals surface area contributed by atoms with E-state index in [1.807, 2.05) is 12.3 Å². The predicted molar refractivity (Wildman–Crippen MR) is 69.7 cm³/mol. The number of nitrogens with zero attached hydrogens (tertiary/aromatic N) is 3. The van der Waals surface area contributed by atoms with Crippen molar-refractivity contribution in [1.29, 1.82) is 0 Å². The van der Waals surface area contributed by atoms with Gasteiger partial charge >= 0.3 is 5.84 Å². The molecule has 0 aliphatic carbocycles. The van der Waals surface area contributed by atoms with Gasteiger partial charge in [-0.1, -0.05) is 24.3 Å². The van der Waals surface area contributed by atoms with Gasteiger partial charge in [0.2, 0.25) is 0 Å². The fourth-order valence-electron chi connectivity index (χ4n) is 2.94. The third-order valence-corrected chi connectivity index (χ3v) is 3.82. The van der Waals surface area contributed by atoms with E-state index in [1.165, 1.54) is 16.8 Å². The van der Waals surface area contributed by atoms with Crippen LogP contribution in [0.4, 0.5) is 0 Å². The van der Waals surface area contributed by atoms with Crippen molar-refractivity contribution < 1.29 is 8.82 Å². The zero-order valence-corrected chi connectivity index (χ0v) is 10.1. The Labute approximate surface area is 108 Å². The molecule has 0 N–H and O–H groups in total. The Balaban J connectivity index is 1.93. The van der Waals surface area contributed by atoms with Crippen LogP contribution in [-0.2, 0) is 6.54 Å². The third-order valence-electron chi connectivity index (χ3n) is 3.82. The molecule has 1 aliphatic rings. The maximum atomic E-state index is 5.95. The van der Waals surface area contributed by atoms with Crippen LogP contribution in [0, 0.1) is 0 Å². The van der Waals surface area contributed by atoms with Crippen molar-refractivity contribution >= 4 is 16.9 Å². The zero-order valence-electron chi connectivity index (χ0n) is 10.1. The smallest absolute Gasteiger partial charge is 0.387 e. The van der Waals surface area contributed by atoms with Crippen molar-refractivity contribution in [3.05, 3.63) is 54.5 Å². The first-order chi connectivity index (χ1) is 9.42. The van der Waals surface area contributed by atoms with E-state index in [-0.39, 0.29) is 0 Å². The molecular formula is C15H10N3O+. The van der Waals surface area contributed by atoms with Gasteiger partial charge in [-0.25, -0.2) is 0 Å². The Morgan fingerprint density at radius 1 is 1.21 bits per heavy atom. The van der Waals surface area contributed by atoms with Gasteiger partial charge in [0.05, 0.1) is 6.20 Å². The summed E-state index contributed by atoms with van der Waals surface area (Å²) in [6.07, 6.45) is 5.73. The van der Waals surface area contributed by atoms with E-state index in [0.717, 1.165) is 23.5 Å². The van der Waals surface area contributed by atoms with Crippen molar-refractivity contribution in [3.63, 3.8) is 0 Å². The second-order valence-corrected chi connectivity index (χ2v) is 4.86. The van der Waals surface area contributed by atoms with E-state index in [1.54, 1.807) is 6.20 Å². The van der Waals surface area contributed by atoms with E-state index in [2.05, 4.69) is 44.4 Å². The first kappa shape index (κ1) is 9.33. The fourth-order valence-corrected chi connectivity index (χ4v) is 2.94. The van der Waals surface area contributed by atoms with Crippen LogP contribution in [0.3, 0.4) is 0 Å². The van der Waals surface area contributed by atoms with Gasteiger partial charge in [-0.15, -0.1) is 0 Å². The molecule has 3 aromatic heterocycles. The van der Waals surface area contributed by atoms with E-state index in [9.17, 15) is 0 Å². The number of aromatic nitrogens is 3. The molecule has 0 radical (unpaired) electrons. The van der Waals surface area contributed by atoms with Crippen LogP contribution in [0.25, 0.3) is 28.2 Å². The van der Waals surface area contributed by atoms with E-state index < -0.39 is 0 Å². The number of rotatable bonds is 0. The Bertz CT molecular complexity index is 949. The number of imidazole rings is 1. The molecule has 19 heavy (non-hydrogen) atoms. The summed E-state index contributed by atoms with van der Waals surface area (Å²) in [7, 11) is 0. The number of hydrogen-bond donors (Lipinski definition) is 0. The molecule has 0 saturated heterocycles. The highest BCUT2D eigenvalue weighted by Gasteiger charge is 2.31. The van der Waals surface area contributed by atoms with Gasteiger partial charge in [-0.05, 0) is 0 Å². The predicted octanol–water partition coefficient (Wildman–Crippen LogP) is 2.40. The summed E-state index contributed by atoms with van der Waals surface area (Å²) in [6, 6.07) is 10.4. The second-order valence-electron chi connectivity index (χ2n) is 4.86. The monoisotopic (exact) mass is 248 g/mol. The quantitative estimate of drug-likeness (QED) is 0.394. The standard InChI is InChI=1S/C15H10N3O/c1-2-4-11-10(3-1)8-17-13(11)9-18-12-7-16-6-5-14(12)19-15(17)18/h1-7,9H,8H2/q+1. The first-order valence-corrected chi connectivity index (χ1v) is 6.27. The van der Waals surface area contributed by atoms with Crippen LogP contribution in [0.1, 0.15) is 5.56 Å². The molecule has 1 aromatic carbocycles. The molecule has 4 heteroatoms. The average molecular weight is 248 g/mol. The van der Waals surface area contributed by atoms with Gasteiger partial charge in [0.25, 0.3) is 0 Å². The molecule has 0 spiro atoms. The number of benzene rings is 1. The minimum Gasteiger partial charge on any atom is -0.387 e. The Kier molecular flexibility index (Phi) is 1.49. The molecule has 0 amide bonds. The molecule has 0 bridgehead atoms. The van der Waals surface area contributed by atoms with Gasteiger partial charge in [-0.2, -0.15) is 8.97 Å². The maximum absolute atomic E-state index is 5.95. The van der Waals surface area contributed by atoms with Crippen molar-refractivity contribution in [2.45, 2.75) is 6.54 Å². The van der Waals surface area contributed by atoms with Gasteiger partial charge in [0.15, 0.2) is 16.8 Å². The van der Waals surface area contributed by atoms with Crippen molar-refractivity contribution in [3.8, 4) is 11.3 Å². The van der Waals surface area contributed by atoms with Crippen molar-refractivity contribution in [2.75, 3.05) is 0 Å². The number of hydrogen-bond acceptors (Lipinski definition) is 2. The van der Waals surface area contributed by atoms with Gasteiger partial charge < -0.3 is 4.42 Å². The zero-order chi connectivity index (χ0) is 12.4. The molecule has 4 heterocycles.